The van der Waals surface area contributed by atoms with Gasteiger partial charge in [-0.25, -0.2) is 0 Å². The number of carbonyl (C=O) groups is 2. The lowest BCUT2D eigenvalue weighted by Crippen LogP contribution is -2.27. The van der Waals surface area contributed by atoms with Crippen LogP contribution in [0.15, 0.2) is 48.5 Å². The van der Waals surface area contributed by atoms with Crippen molar-refractivity contribution in [3.05, 3.63) is 59.7 Å². The zero-order valence-corrected chi connectivity index (χ0v) is 13.2. The fourth-order valence-electron chi connectivity index (χ4n) is 2.02. The fraction of sp³-hybridized carbons (Fsp3) is 0.167. The molecule has 0 aliphatic carbocycles. The Morgan fingerprint density at radius 3 is 2.54 bits per heavy atom. The highest BCUT2D eigenvalue weighted by Crippen LogP contribution is 2.11. The number of benzene rings is 2. The molecular weight excluding hydrogens is 306 g/mol. The van der Waals surface area contributed by atoms with Crippen molar-refractivity contribution >= 4 is 17.5 Å². The average molecular weight is 323 g/mol. The summed E-state index contributed by atoms with van der Waals surface area (Å²) < 4.78 is 5.06. The van der Waals surface area contributed by atoms with E-state index in [1.807, 2.05) is 18.2 Å². The van der Waals surface area contributed by atoms with Gasteiger partial charge in [-0.1, -0.05) is 18.2 Å². The van der Waals surface area contributed by atoms with Crippen LogP contribution in [-0.2, 0) is 16.1 Å². The van der Waals surface area contributed by atoms with Crippen LogP contribution in [0, 0.1) is 11.3 Å². The van der Waals surface area contributed by atoms with E-state index in [-0.39, 0.29) is 12.3 Å². The first-order valence-electron chi connectivity index (χ1n) is 7.30. The molecule has 2 aromatic rings. The predicted octanol–water partition coefficient (Wildman–Crippen LogP) is 2.21. The molecule has 2 aromatic carbocycles. The quantitative estimate of drug-likeness (QED) is 0.797. The molecule has 0 saturated carbocycles. The number of rotatable bonds is 6. The van der Waals surface area contributed by atoms with E-state index in [1.165, 1.54) is 0 Å². The number of methoxy groups -OCH3 is 1. The van der Waals surface area contributed by atoms with Gasteiger partial charge in [0, 0.05) is 12.2 Å². The topological polar surface area (TPSA) is 91.2 Å². The number of ether oxygens (including phenoxy) is 1. The van der Waals surface area contributed by atoms with Gasteiger partial charge in [0.05, 0.1) is 18.7 Å². The maximum Gasteiger partial charge on any atom is 0.233 e. The van der Waals surface area contributed by atoms with E-state index in [4.69, 9.17) is 10.00 Å². The molecule has 2 amide bonds. The lowest BCUT2D eigenvalue weighted by Gasteiger charge is -2.07. The molecule has 0 radical (unpaired) electrons. The molecule has 122 valence electrons. The largest absolute Gasteiger partial charge is 0.497 e. The second kappa shape index (κ2) is 8.34. The smallest absolute Gasteiger partial charge is 0.233 e. The highest BCUT2D eigenvalue weighted by molar-refractivity contribution is 6.03. The van der Waals surface area contributed by atoms with Crippen molar-refractivity contribution < 1.29 is 14.3 Å². The van der Waals surface area contributed by atoms with Gasteiger partial charge < -0.3 is 15.4 Å². The first-order valence-corrected chi connectivity index (χ1v) is 7.30. The highest BCUT2D eigenvalue weighted by Gasteiger charge is 2.10. The summed E-state index contributed by atoms with van der Waals surface area (Å²) in [6.07, 6.45) is -0.285. The Morgan fingerprint density at radius 2 is 1.88 bits per heavy atom. The van der Waals surface area contributed by atoms with Crippen molar-refractivity contribution in [2.45, 2.75) is 13.0 Å². The average Bonchev–Trinajstić information content (AvgIpc) is 2.60. The molecule has 0 aromatic heterocycles. The van der Waals surface area contributed by atoms with Gasteiger partial charge in [0.15, 0.2) is 0 Å². The number of carbonyl (C=O) groups excluding carboxylic acids is 2. The second-order valence-corrected chi connectivity index (χ2v) is 5.04. The van der Waals surface area contributed by atoms with E-state index < -0.39 is 5.91 Å². The molecule has 0 aliphatic heterocycles. The summed E-state index contributed by atoms with van der Waals surface area (Å²) in [5.41, 5.74) is 1.84. The maximum atomic E-state index is 11.8. The molecule has 0 bridgehead atoms. The van der Waals surface area contributed by atoms with E-state index in [0.717, 1.165) is 11.3 Å². The summed E-state index contributed by atoms with van der Waals surface area (Å²) in [5, 5.41) is 14.1. The van der Waals surface area contributed by atoms with Gasteiger partial charge in [-0.3, -0.25) is 9.59 Å². The fourth-order valence-corrected chi connectivity index (χ4v) is 2.02. The first-order chi connectivity index (χ1) is 11.6. The molecular formula is C18H17N3O3. The minimum absolute atomic E-state index is 0.285. The molecule has 6 nitrogen and oxygen atoms in total. The maximum absolute atomic E-state index is 11.8. The van der Waals surface area contributed by atoms with Crippen molar-refractivity contribution in [2.75, 3.05) is 12.4 Å². The minimum atomic E-state index is -0.433. The number of nitriles is 1. The third-order valence-electron chi connectivity index (χ3n) is 3.25. The molecule has 24 heavy (non-hydrogen) atoms. The summed E-state index contributed by atoms with van der Waals surface area (Å²) in [5.74, 6) is -0.0684. The van der Waals surface area contributed by atoms with Crippen LogP contribution in [-0.4, -0.2) is 18.9 Å². The Hall–Kier alpha value is -3.33. The van der Waals surface area contributed by atoms with Gasteiger partial charge in [-0.2, -0.15) is 5.26 Å². The van der Waals surface area contributed by atoms with Gasteiger partial charge >= 0.3 is 0 Å². The Kier molecular flexibility index (Phi) is 5.92. The summed E-state index contributed by atoms with van der Waals surface area (Å²) in [6, 6.07) is 15.8. The van der Waals surface area contributed by atoms with Gasteiger partial charge in [-0.05, 0) is 35.9 Å². The van der Waals surface area contributed by atoms with Crippen LogP contribution in [0.3, 0.4) is 0 Å². The molecule has 0 unspecified atom stereocenters. The SMILES string of the molecule is COc1ccc(CNC(=O)CC(=O)Nc2cccc(C#N)c2)cc1. The molecule has 0 fully saturated rings. The van der Waals surface area contributed by atoms with Crippen molar-refractivity contribution in [1.29, 1.82) is 5.26 Å². The molecule has 0 aliphatic rings. The number of nitrogens with zero attached hydrogens (tertiary/aromatic N) is 1. The van der Waals surface area contributed by atoms with Crippen LogP contribution >= 0.6 is 0 Å². The number of nitrogens with one attached hydrogen (secondary N) is 2. The lowest BCUT2D eigenvalue weighted by molar-refractivity contribution is -0.126. The van der Waals surface area contributed by atoms with E-state index in [9.17, 15) is 9.59 Å². The molecule has 6 heteroatoms. The summed E-state index contributed by atoms with van der Waals surface area (Å²) >= 11 is 0. The van der Waals surface area contributed by atoms with Crippen LogP contribution in [0.4, 0.5) is 5.69 Å². The van der Waals surface area contributed by atoms with Crippen molar-refractivity contribution in [2.24, 2.45) is 0 Å². The molecule has 0 heterocycles. The van der Waals surface area contributed by atoms with Gasteiger partial charge in [-0.15, -0.1) is 0 Å². The third kappa shape index (κ3) is 5.14. The molecule has 2 N–H and O–H groups in total. The van der Waals surface area contributed by atoms with Crippen molar-refractivity contribution in [3.8, 4) is 11.8 Å². The Bertz CT molecular complexity index is 764. The standard InChI is InChI=1S/C18H17N3O3/c1-24-16-7-5-13(6-8-16)12-20-17(22)10-18(23)21-15-4-2-3-14(9-15)11-19/h2-9H,10,12H2,1H3,(H,20,22)(H,21,23). The monoisotopic (exact) mass is 323 g/mol. The number of anilines is 1. The van der Waals surface area contributed by atoms with E-state index in [0.29, 0.717) is 17.8 Å². The Morgan fingerprint density at radius 1 is 1.12 bits per heavy atom. The second-order valence-electron chi connectivity index (χ2n) is 5.04. The minimum Gasteiger partial charge on any atom is -0.497 e. The molecule has 0 spiro atoms. The van der Waals surface area contributed by atoms with Crippen LogP contribution in [0.2, 0.25) is 0 Å². The number of amides is 2. The van der Waals surface area contributed by atoms with E-state index in [1.54, 1.807) is 43.5 Å². The summed E-state index contributed by atoms with van der Waals surface area (Å²) in [6.45, 7) is 0.333. The number of hydrogen-bond donors (Lipinski definition) is 2. The summed E-state index contributed by atoms with van der Waals surface area (Å²) in [4.78, 5) is 23.7. The molecule has 0 atom stereocenters. The predicted molar refractivity (Wildman–Crippen MR) is 89.2 cm³/mol. The lowest BCUT2D eigenvalue weighted by atomic mass is 10.2. The normalized spacial score (nSPS) is 9.67. The third-order valence-corrected chi connectivity index (χ3v) is 3.25. The zero-order valence-electron chi connectivity index (χ0n) is 13.2. The van der Waals surface area contributed by atoms with Crippen LogP contribution in [0.1, 0.15) is 17.5 Å². The van der Waals surface area contributed by atoms with E-state index >= 15 is 0 Å². The van der Waals surface area contributed by atoms with Crippen molar-refractivity contribution in [1.82, 2.24) is 5.32 Å². The molecule has 0 saturated heterocycles. The number of hydrogen-bond acceptors (Lipinski definition) is 4. The zero-order chi connectivity index (χ0) is 17.4. The van der Waals surface area contributed by atoms with Crippen molar-refractivity contribution in [3.63, 3.8) is 0 Å². The van der Waals surface area contributed by atoms with Gasteiger partial charge in [0.2, 0.25) is 11.8 Å². The Labute approximate surface area is 140 Å². The summed E-state index contributed by atoms with van der Waals surface area (Å²) in [7, 11) is 1.59. The van der Waals surface area contributed by atoms with Crippen LogP contribution in [0.25, 0.3) is 0 Å². The first kappa shape index (κ1) is 17.0. The van der Waals surface area contributed by atoms with Gasteiger partial charge in [0.1, 0.15) is 12.2 Å². The van der Waals surface area contributed by atoms with Crippen LogP contribution < -0.4 is 15.4 Å². The van der Waals surface area contributed by atoms with Crippen LogP contribution in [0.5, 0.6) is 5.75 Å². The molecule has 2 rings (SSSR count). The van der Waals surface area contributed by atoms with E-state index in [2.05, 4.69) is 10.6 Å². The highest BCUT2D eigenvalue weighted by atomic mass is 16.5. The van der Waals surface area contributed by atoms with Gasteiger partial charge in [0.25, 0.3) is 0 Å². The Balaban J connectivity index is 1.80.